The number of halogens is 1. The van der Waals surface area contributed by atoms with Crippen LogP contribution in [0, 0.1) is 0 Å². The topological polar surface area (TPSA) is 29.5 Å². The van der Waals surface area contributed by atoms with E-state index in [1.165, 1.54) is 0 Å². The van der Waals surface area contributed by atoms with E-state index in [4.69, 9.17) is 16.3 Å². The first kappa shape index (κ1) is 11.4. The minimum atomic E-state index is -0.0388. The van der Waals surface area contributed by atoms with Gasteiger partial charge in [0, 0.05) is 13.1 Å². The van der Waals surface area contributed by atoms with Crippen molar-refractivity contribution < 1.29 is 9.53 Å². The van der Waals surface area contributed by atoms with Crippen LogP contribution in [0.2, 0.25) is 0 Å². The number of rotatable bonds is 3. The molecule has 0 N–H and O–H groups in total. The summed E-state index contributed by atoms with van der Waals surface area (Å²) in [5.41, 5.74) is 1.13. The molecule has 1 amide bonds. The van der Waals surface area contributed by atoms with Gasteiger partial charge in [0.25, 0.3) is 0 Å². The number of carbonyl (C=O) groups is 1. The second-order valence-corrected chi connectivity index (χ2v) is 4.16. The van der Waals surface area contributed by atoms with E-state index in [-0.39, 0.29) is 18.6 Å². The van der Waals surface area contributed by atoms with Gasteiger partial charge in [0.15, 0.2) is 0 Å². The van der Waals surface area contributed by atoms with Crippen LogP contribution in [0.25, 0.3) is 0 Å². The Morgan fingerprint density at radius 1 is 1.38 bits per heavy atom. The van der Waals surface area contributed by atoms with Gasteiger partial charge in [0.2, 0.25) is 5.91 Å². The molecule has 0 radical (unpaired) electrons. The summed E-state index contributed by atoms with van der Waals surface area (Å²) in [6, 6.07) is 9.93. The van der Waals surface area contributed by atoms with E-state index in [1.807, 2.05) is 30.3 Å². The predicted molar refractivity (Wildman–Crippen MR) is 62.3 cm³/mol. The summed E-state index contributed by atoms with van der Waals surface area (Å²) in [6.07, 6.45) is -0.0388. The molecule has 1 aromatic carbocycles. The Labute approximate surface area is 100.0 Å². The van der Waals surface area contributed by atoms with Crippen LogP contribution in [0.4, 0.5) is 0 Å². The third-order valence-electron chi connectivity index (χ3n) is 2.61. The van der Waals surface area contributed by atoms with Gasteiger partial charge in [0.05, 0.1) is 12.0 Å². The normalized spacial score (nSPS) is 21.2. The molecule has 1 aliphatic rings. The number of carbonyl (C=O) groups excluding carboxylic acids is 1. The second-order valence-electron chi connectivity index (χ2n) is 3.85. The molecule has 2 rings (SSSR count). The molecule has 16 heavy (non-hydrogen) atoms. The van der Waals surface area contributed by atoms with Crippen LogP contribution < -0.4 is 0 Å². The lowest BCUT2D eigenvalue weighted by Gasteiger charge is -2.31. The van der Waals surface area contributed by atoms with Gasteiger partial charge in [-0.25, -0.2) is 0 Å². The minimum Gasteiger partial charge on any atom is -0.365 e. The molecule has 0 spiro atoms. The standard InChI is InChI=1S/C12H14ClNO2/c13-6-11-8-14(12(15)9-16-11)7-10-4-2-1-3-5-10/h1-5,11H,6-9H2. The molecular formula is C12H14ClNO2. The average Bonchev–Trinajstić information content (AvgIpc) is 2.33. The lowest BCUT2D eigenvalue weighted by Crippen LogP contribution is -2.46. The number of hydrogen-bond acceptors (Lipinski definition) is 2. The summed E-state index contributed by atoms with van der Waals surface area (Å²) in [5, 5.41) is 0. The van der Waals surface area contributed by atoms with E-state index in [0.29, 0.717) is 19.0 Å². The maximum absolute atomic E-state index is 11.6. The maximum atomic E-state index is 11.6. The molecule has 1 unspecified atom stereocenters. The Bertz CT molecular complexity index is 355. The van der Waals surface area contributed by atoms with E-state index in [0.717, 1.165) is 5.56 Å². The quantitative estimate of drug-likeness (QED) is 0.751. The monoisotopic (exact) mass is 239 g/mol. The molecule has 1 aromatic rings. The number of amides is 1. The van der Waals surface area contributed by atoms with Crippen LogP contribution in [0.5, 0.6) is 0 Å². The van der Waals surface area contributed by atoms with Crippen molar-refractivity contribution in [1.82, 2.24) is 4.90 Å². The highest BCUT2D eigenvalue weighted by Crippen LogP contribution is 2.12. The van der Waals surface area contributed by atoms with Crippen LogP contribution >= 0.6 is 11.6 Å². The van der Waals surface area contributed by atoms with Crippen molar-refractivity contribution in [3.05, 3.63) is 35.9 Å². The molecule has 1 atom stereocenters. The maximum Gasteiger partial charge on any atom is 0.248 e. The van der Waals surface area contributed by atoms with Gasteiger partial charge in [-0.2, -0.15) is 0 Å². The van der Waals surface area contributed by atoms with Crippen molar-refractivity contribution >= 4 is 17.5 Å². The van der Waals surface area contributed by atoms with E-state index >= 15 is 0 Å². The van der Waals surface area contributed by atoms with Crippen LogP contribution in [0.3, 0.4) is 0 Å². The third-order valence-corrected chi connectivity index (χ3v) is 2.95. The van der Waals surface area contributed by atoms with E-state index in [1.54, 1.807) is 4.90 Å². The number of alkyl halides is 1. The number of hydrogen-bond donors (Lipinski definition) is 0. The highest BCUT2D eigenvalue weighted by molar-refractivity contribution is 6.18. The van der Waals surface area contributed by atoms with Crippen LogP contribution in [0.1, 0.15) is 5.56 Å². The number of benzene rings is 1. The summed E-state index contributed by atoms with van der Waals surface area (Å²) in [6.45, 7) is 1.36. The van der Waals surface area contributed by atoms with E-state index in [2.05, 4.69) is 0 Å². The largest absolute Gasteiger partial charge is 0.365 e. The minimum absolute atomic E-state index is 0.0326. The smallest absolute Gasteiger partial charge is 0.248 e. The van der Waals surface area contributed by atoms with Gasteiger partial charge in [-0.1, -0.05) is 30.3 Å². The third kappa shape index (κ3) is 2.74. The first-order valence-electron chi connectivity index (χ1n) is 5.29. The molecule has 3 nitrogen and oxygen atoms in total. The van der Waals surface area contributed by atoms with Crippen LogP contribution in [-0.2, 0) is 16.1 Å². The SMILES string of the molecule is O=C1COC(CCl)CN1Cc1ccccc1. The summed E-state index contributed by atoms with van der Waals surface area (Å²) < 4.78 is 5.28. The Balaban J connectivity index is 2.00. The van der Waals surface area contributed by atoms with Gasteiger partial charge < -0.3 is 9.64 Å². The molecule has 0 bridgehead atoms. The highest BCUT2D eigenvalue weighted by atomic mass is 35.5. The summed E-state index contributed by atoms with van der Waals surface area (Å²) >= 11 is 5.73. The highest BCUT2D eigenvalue weighted by Gasteiger charge is 2.25. The zero-order valence-corrected chi connectivity index (χ0v) is 9.69. The van der Waals surface area contributed by atoms with Crippen molar-refractivity contribution in [2.45, 2.75) is 12.6 Å². The van der Waals surface area contributed by atoms with Gasteiger partial charge in [-0.15, -0.1) is 11.6 Å². The number of morpholine rings is 1. The Morgan fingerprint density at radius 3 is 2.81 bits per heavy atom. The number of ether oxygens (including phenoxy) is 1. The summed E-state index contributed by atoms with van der Waals surface area (Å²) in [7, 11) is 0. The molecule has 0 aliphatic carbocycles. The lowest BCUT2D eigenvalue weighted by atomic mass is 10.2. The first-order chi connectivity index (χ1) is 7.79. The predicted octanol–water partition coefficient (Wildman–Crippen LogP) is 1.65. The average molecular weight is 240 g/mol. The van der Waals surface area contributed by atoms with Gasteiger partial charge in [0.1, 0.15) is 6.61 Å². The van der Waals surface area contributed by atoms with Crippen molar-refractivity contribution in [2.24, 2.45) is 0 Å². The van der Waals surface area contributed by atoms with Gasteiger partial charge in [-0.3, -0.25) is 4.79 Å². The first-order valence-corrected chi connectivity index (χ1v) is 5.82. The zero-order valence-electron chi connectivity index (χ0n) is 8.93. The molecule has 1 aliphatic heterocycles. The van der Waals surface area contributed by atoms with Crippen molar-refractivity contribution in [3.63, 3.8) is 0 Å². The molecule has 1 heterocycles. The Morgan fingerprint density at radius 2 is 2.12 bits per heavy atom. The molecule has 0 aromatic heterocycles. The Kier molecular flexibility index (Phi) is 3.80. The van der Waals surface area contributed by atoms with E-state index in [9.17, 15) is 4.79 Å². The van der Waals surface area contributed by atoms with Crippen LogP contribution in [0.15, 0.2) is 30.3 Å². The second kappa shape index (κ2) is 5.32. The van der Waals surface area contributed by atoms with Crippen molar-refractivity contribution in [3.8, 4) is 0 Å². The molecule has 0 saturated carbocycles. The fourth-order valence-corrected chi connectivity index (χ4v) is 1.92. The fourth-order valence-electron chi connectivity index (χ4n) is 1.73. The van der Waals surface area contributed by atoms with Gasteiger partial charge in [-0.05, 0) is 5.56 Å². The summed E-state index contributed by atoms with van der Waals surface area (Å²) in [4.78, 5) is 13.4. The fraction of sp³-hybridized carbons (Fsp3) is 0.417. The molecule has 4 heteroatoms. The lowest BCUT2D eigenvalue weighted by molar-refractivity contribution is -0.148. The molecule has 1 saturated heterocycles. The van der Waals surface area contributed by atoms with Gasteiger partial charge >= 0.3 is 0 Å². The van der Waals surface area contributed by atoms with Crippen LogP contribution in [-0.4, -0.2) is 35.9 Å². The summed E-state index contributed by atoms with van der Waals surface area (Å²) in [5.74, 6) is 0.462. The molecule has 86 valence electrons. The number of nitrogens with zero attached hydrogens (tertiary/aromatic N) is 1. The Hall–Kier alpha value is -1.06. The molecule has 1 fully saturated rings. The van der Waals surface area contributed by atoms with Crippen molar-refractivity contribution in [2.75, 3.05) is 19.0 Å². The van der Waals surface area contributed by atoms with Crippen molar-refractivity contribution in [1.29, 1.82) is 0 Å². The zero-order chi connectivity index (χ0) is 11.4. The molecular weight excluding hydrogens is 226 g/mol. The van der Waals surface area contributed by atoms with E-state index < -0.39 is 0 Å².